The number of benzene rings is 1. The Labute approximate surface area is 171 Å². The molecule has 0 saturated heterocycles. The fourth-order valence-electron chi connectivity index (χ4n) is 3.68. The summed E-state index contributed by atoms with van der Waals surface area (Å²) in [5.74, 6) is 1.74. The number of anilines is 3. The monoisotopic (exact) mass is 394 g/mol. The van der Waals surface area contributed by atoms with E-state index >= 15 is 0 Å². The summed E-state index contributed by atoms with van der Waals surface area (Å²) in [6, 6.07) is 10.8. The quantitative estimate of drug-likeness (QED) is 0.493. The largest absolute Gasteiger partial charge is 0.494 e. The van der Waals surface area contributed by atoms with Crippen LogP contribution in [0.25, 0.3) is 5.65 Å². The van der Waals surface area contributed by atoms with Gasteiger partial charge in [-0.1, -0.05) is 13.3 Å². The highest BCUT2D eigenvalue weighted by molar-refractivity contribution is 5.75. The molecule has 1 aliphatic rings. The van der Waals surface area contributed by atoms with Crippen LogP contribution in [0.1, 0.15) is 45.4 Å². The highest BCUT2D eigenvalue weighted by atomic mass is 16.5. The Morgan fingerprint density at radius 2 is 1.97 bits per heavy atom. The molecule has 4 N–H and O–H groups in total. The Hall–Kier alpha value is -2.80. The van der Waals surface area contributed by atoms with E-state index in [9.17, 15) is 0 Å². The van der Waals surface area contributed by atoms with Gasteiger partial charge < -0.3 is 21.1 Å². The molecule has 7 heteroatoms. The molecule has 0 spiro atoms. The topological polar surface area (TPSA) is 89.5 Å². The molecule has 3 aromatic rings. The van der Waals surface area contributed by atoms with Crippen molar-refractivity contribution in [3.05, 3.63) is 42.7 Å². The highest BCUT2D eigenvalue weighted by Crippen LogP contribution is 2.26. The van der Waals surface area contributed by atoms with Crippen LogP contribution in [0.15, 0.2) is 42.7 Å². The summed E-state index contributed by atoms with van der Waals surface area (Å²) in [6.45, 7) is 2.91. The van der Waals surface area contributed by atoms with Crippen molar-refractivity contribution in [2.45, 2.75) is 57.5 Å². The third-order valence-electron chi connectivity index (χ3n) is 5.38. The van der Waals surface area contributed by atoms with E-state index in [1.807, 2.05) is 41.0 Å². The van der Waals surface area contributed by atoms with Crippen molar-refractivity contribution in [3.8, 4) is 5.75 Å². The van der Waals surface area contributed by atoms with Crippen LogP contribution >= 0.6 is 0 Å². The van der Waals surface area contributed by atoms with Crippen molar-refractivity contribution in [2.75, 3.05) is 17.2 Å². The van der Waals surface area contributed by atoms with E-state index < -0.39 is 0 Å². The smallest absolute Gasteiger partial charge is 0.177 e. The number of aromatic nitrogens is 3. The highest BCUT2D eigenvalue weighted by Gasteiger charge is 2.19. The number of nitrogens with zero attached hydrogens (tertiary/aromatic N) is 3. The Morgan fingerprint density at radius 1 is 1.17 bits per heavy atom. The van der Waals surface area contributed by atoms with E-state index in [0.29, 0.717) is 12.1 Å². The maximum Gasteiger partial charge on any atom is 0.177 e. The molecule has 1 aromatic carbocycles. The number of nitrogens with two attached hydrogens (primary N) is 1. The molecule has 1 aliphatic carbocycles. The molecule has 29 heavy (non-hydrogen) atoms. The first-order valence-corrected chi connectivity index (χ1v) is 10.6. The summed E-state index contributed by atoms with van der Waals surface area (Å²) in [5.41, 5.74) is 8.73. The van der Waals surface area contributed by atoms with Crippen LogP contribution in [-0.4, -0.2) is 33.3 Å². The summed E-state index contributed by atoms with van der Waals surface area (Å²) in [5, 5.41) is 11.7. The number of rotatable bonds is 8. The van der Waals surface area contributed by atoms with E-state index in [1.54, 1.807) is 6.20 Å². The number of hydrogen-bond acceptors (Lipinski definition) is 6. The molecular formula is C22H30N6O. The van der Waals surface area contributed by atoms with Crippen LogP contribution in [0, 0.1) is 0 Å². The van der Waals surface area contributed by atoms with Gasteiger partial charge in [0.15, 0.2) is 5.65 Å². The van der Waals surface area contributed by atoms with Gasteiger partial charge in [0.05, 0.1) is 12.3 Å². The second-order valence-corrected chi connectivity index (χ2v) is 7.75. The van der Waals surface area contributed by atoms with Crippen molar-refractivity contribution >= 4 is 22.8 Å². The second-order valence-electron chi connectivity index (χ2n) is 7.75. The summed E-state index contributed by atoms with van der Waals surface area (Å²) < 4.78 is 7.55. The van der Waals surface area contributed by atoms with Gasteiger partial charge in [-0.25, -0.2) is 9.50 Å². The van der Waals surface area contributed by atoms with Gasteiger partial charge in [-0.05, 0) is 56.4 Å². The van der Waals surface area contributed by atoms with Gasteiger partial charge in [-0.15, -0.1) is 5.10 Å². The lowest BCUT2D eigenvalue weighted by Crippen LogP contribution is -2.33. The van der Waals surface area contributed by atoms with Crippen LogP contribution in [0.4, 0.5) is 17.2 Å². The molecular weight excluding hydrogens is 364 g/mol. The van der Waals surface area contributed by atoms with E-state index in [-0.39, 0.29) is 0 Å². The minimum absolute atomic E-state index is 0.336. The molecule has 2 heterocycles. The van der Waals surface area contributed by atoms with Gasteiger partial charge in [0.1, 0.15) is 11.6 Å². The Bertz CT molecular complexity index is 915. The molecule has 0 atom stereocenters. The maximum absolute atomic E-state index is 6.03. The zero-order valence-electron chi connectivity index (χ0n) is 17.0. The first kappa shape index (κ1) is 19.5. The van der Waals surface area contributed by atoms with Gasteiger partial charge in [0.25, 0.3) is 0 Å². The summed E-state index contributed by atoms with van der Waals surface area (Å²) >= 11 is 0. The lowest BCUT2D eigenvalue weighted by atomic mass is 9.92. The second kappa shape index (κ2) is 9.13. The fourth-order valence-corrected chi connectivity index (χ4v) is 3.68. The predicted octanol–water partition coefficient (Wildman–Crippen LogP) is 4.33. The van der Waals surface area contributed by atoms with Crippen LogP contribution < -0.4 is 21.1 Å². The SMILES string of the molecule is CCCCOc1ccc(Nc2cc(NC3CCC(N)CC3)nn3ccnc23)cc1. The first-order chi connectivity index (χ1) is 14.2. The number of ether oxygens (including phenoxy) is 1. The number of imidazole rings is 1. The van der Waals surface area contributed by atoms with Crippen LogP contribution in [-0.2, 0) is 0 Å². The molecule has 2 aromatic heterocycles. The zero-order chi connectivity index (χ0) is 20.1. The van der Waals surface area contributed by atoms with Crippen molar-refractivity contribution in [1.29, 1.82) is 0 Å². The van der Waals surface area contributed by atoms with Gasteiger partial charge >= 0.3 is 0 Å². The van der Waals surface area contributed by atoms with Crippen molar-refractivity contribution in [1.82, 2.24) is 14.6 Å². The van der Waals surface area contributed by atoms with Crippen LogP contribution in [0.3, 0.4) is 0 Å². The molecule has 1 fully saturated rings. The lowest BCUT2D eigenvalue weighted by Gasteiger charge is -2.27. The summed E-state index contributed by atoms with van der Waals surface area (Å²) in [4.78, 5) is 4.45. The van der Waals surface area contributed by atoms with E-state index in [1.165, 1.54) is 0 Å². The number of hydrogen-bond donors (Lipinski definition) is 3. The average molecular weight is 395 g/mol. The summed E-state index contributed by atoms with van der Waals surface area (Å²) in [6.07, 6.45) is 10.1. The van der Waals surface area contributed by atoms with E-state index in [4.69, 9.17) is 10.5 Å². The van der Waals surface area contributed by atoms with Crippen molar-refractivity contribution in [3.63, 3.8) is 0 Å². The van der Waals surface area contributed by atoms with Gasteiger partial charge in [-0.3, -0.25) is 0 Å². The molecule has 0 aliphatic heterocycles. The Balaban J connectivity index is 1.48. The third kappa shape index (κ3) is 4.98. The molecule has 1 saturated carbocycles. The third-order valence-corrected chi connectivity index (χ3v) is 5.38. The number of unbranched alkanes of at least 4 members (excludes halogenated alkanes) is 1. The van der Waals surface area contributed by atoms with E-state index in [2.05, 4.69) is 27.6 Å². The fraction of sp³-hybridized carbons (Fsp3) is 0.455. The minimum Gasteiger partial charge on any atom is -0.494 e. The molecule has 0 bridgehead atoms. The van der Waals surface area contributed by atoms with Crippen LogP contribution in [0.2, 0.25) is 0 Å². The van der Waals surface area contributed by atoms with Gasteiger partial charge in [0.2, 0.25) is 0 Å². The summed E-state index contributed by atoms with van der Waals surface area (Å²) in [7, 11) is 0. The molecule has 0 unspecified atom stereocenters. The van der Waals surface area contributed by atoms with Gasteiger partial charge in [0, 0.05) is 36.2 Å². The Morgan fingerprint density at radius 3 is 2.72 bits per heavy atom. The first-order valence-electron chi connectivity index (χ1n) is 10.6. The zero-order valence-corrected chi connectivity index (χ0v) is 17.0. The predicted molar refractivity (Wildman–Crippen MR) is 117 cm³/mol. The lowest BCUT2D eigenvalue weighted by molar-refractivity contribution is 0.309. The van der Waals surface area contributed by atoms with Gasteiger partial charge in [-0.2, -0.15) is 0 Å². The standard InChI is InChI=1S/C22H30N6O/c1-2-3-14-29-19-10-8-17(9-11-19)25-20-15-21(27-28-13-12-24-22(20)28)26-18-6-4-16(23)5-7-18/h8-13,15-16,18,25H,2-7,14,23H2,1H3,(H,26,27). The molecule has 154 valence electrons. The van der Waals surface area contributed by atoms with Crippen LogP contribution in [0.5, 0.6) is 5.75 Å². The van der Waals surface area contributed by atoms with Crippen molar-refractivity contribution in [2.24, 2.45) is 5.73 Å². The Kier molecular flexibility index (Phi) is 6.14. The number of fused-ring (bicyclic) bond motifs is 1. The maximum atomic E-state index is 6.03. The molecule has 4 rings (SSSR count). The minimum atomic E-state index is 0.336. The molecule has 7 nitrogen and oxygen atoms in total. The van der Waals surface area contributed by atoms with Crippen molar-refractivity contribution < 1.29 is 4.74 Å². The van der Waals surface area contributed by atoms with E-state index in [0.717, 1.165) is 73.7 Å². The average Bonchev–Trinajstić information content (AvgIpc) is 3.20. The number of nitrogens with one attached hydrogen (secondary N) is 2. The molecule has 0 amide bonds. The normalized spacial score (nSPS) is 19.2. The molecule has 0 radical (unpaired) electrons.